The van der Waals surface area contributed by atoms with E-state index in [-0.39, 0.29) is 12.0 Å². The molecule has 2 aliphatic rings. The van der Waals surface area contributed by atoms with E-state index in [1.54, 1.807) is 0 Å². The quantitative estimate of drug-likeness (QED) is 0.707. The summed E-state index contributed by atoms with van der Waals surface area (Å²) in [5.41, 5.74) is -0.122. The number of carboxylic acids is 1. The van der Waals surface area contributed by atoms with Gasteiger partial charge in [0, 0.05) is 25.7 Å². The highest BCUT2D eigenvalue weighted by Gasteiger charge is 2.46. The molecule has 2 fully saturated rings. The summed E-state index contributed by atoms with van der Waals surface area (Å²) in [6.07, 6.45) is 2.91. The van der Waals surface area contributed by atoms with Crippen molar-refractivity contribution in [3.63, 3.8) is 0 Å². The third-order valence-electron chi connectivity index (χ3n) is 3.77. The van der Waals surface area contributed by atoms with Crippen LogP contribution in [-0.2, 0) is 4.79 Å². The van der Waals surface area contributed by atoms with Gasteiger partial charge >= 0.3 is 5.97 Å². The van der Waals surface area contributed by atoms with E-state index >= 15 is 0 Å². The highest BCUT2D eigenvalue weighted by atomic mass is 16.4. The first-order chi connectivity index (χ1) is 7.53. The van der Waals surface area contributed by atoms with Gasteiger partial charge in [-0.3, -0.25) is 9.69 Å². The molecule has 2 rings (SSSR count). The molecule has 1 saturated heterocycles. The van der Waals surface area contributed by atoms with Crippen LogP contribution in [0.25, 0.3) is 0 Å². The molecular formula is C12H22N2O2. The monoisotopic (exact) mass is 226 g/mol. The number of nitrogens with zero attached hydrogens (tertiary/aromatic N) is 1. The minimum absolute atomic E-state index is 0.122. The number of aliphatic carboxylic acids is 1. The Kier molecular flexibility index (Phi) is 3.22. The average Bonchev–Trinajstić information content (AvgIpc) is 2.90. The molecule has 0 amide bonds. The molecule has 1 saturated carbocycles. The summed E-state index contributed by atoms with van der Waals surface area (Å²) in [6, 6.07) is 0.432. The fourth-order valence-electron chi connectivity index (χ4n) is 2.66. The SMILES string of the molecule is CC(C)N(CC1CC1)C1(CC(=O)O)CNC1. The van der Waals surface area contributed by atoms with Gasteiger partial charge in [-0.2, -0.15) is 0 Å². The Morgan fingerprint density at radius 3 is 2.44 bits per heavy atom. The Bertz CT molecular complexity index is 270. The number of hydrogen-bond donors (Lipinski definition) is 2. The van der Waals surface area contributed by atoms with Gasteiger partial charge in [0.1, 0.15) is 0 Å². The first-order valence-corrected chi connectivity index (χ1v) is 6.23. The van der Waals surface area contributed by atoms with Crippen molar-refractivity contribution >= 4 is 5.97 Å². The lowest BCUT2D eigenvalue weighted by atomic mass is 9.85. The van der Waals surface area contributed by atoms with Crippen molar-refractivity contribution in [3.05, 3.63) is 0 Å². The molecule has 0 radical (unpaired) electrons. The van der Waals surface area contributed by atoms with Crippen LogP contribution in [0.15, 0.2) is 0 Å². The van der Waals surface area contributed by atoms with Gasteiger partial charge in [0.25, 0.3) is 0 Å². The van der Waals surface area contributed by atoms with Crippen LogP contribution in [0, 0.1) is 5.92 Å². The summed E-state index contributed by atoms with van der Waals surface area (Å²) < 4.78 is 0. The van der Waals surface area contributed by atoms with Crippen molar-refractivity contribution in [2.45, 2.75) is 44.7 Å². The second kappa shape index (κ2) is 4.34. The molecule has 0 aromatic carbocycles. The van der Waals surface area contributed by atoms with E-state index in [0.717, 1.165) is 25.6 Å². The van der Waals surface area contributed by atoms with E-state index in [1.165, 1.54) is 12.8 Å². The summed E-state index contributed by atoms with van der Waals surface area (Å²) >= 11 is 0. The summed E-state index contributed by atoms with van der Waals surface area (Å²) in [7, 11) is 0. The van der Waals surface area contributed by atoms with E-state index in [2.05, 4.69) is 24.1 Å². The second-order valence-electron chi connectivity index (χ2n) is 5.59. The van der Waals surface area contributed by atoms with E-state index in [0.29, 0.717) is 6.04 Å². The largest absolute Gasteiger partial charge is 0.481 e. The topological polar surface area (TPSA) is 52.6 Å². The molecule has 0 atom stereocenters. The average molecular weight is 226 g/mol. The van der Waals surface area contributed by atoms with Gasteiger partial charge in [-0.25, -0.2) is 0 Å². The molecule has 4 heteroatoms. The van der Waals surface area contributed by atoms with Gasteiger partial charge in [-0.1, -0.05) is 0 Å². The molecular weight excluding hydrogens is 204 g/mol. The van der Waals surface area contributed by atoms with E-state index in [4.69, 9.17) is 5.11 Å². The number of carboxylic acid groups (broad SMARTS) is 1. The highest BCUT2D eigenvalue weighted by molar-refractivity contribution is 5.69. The molecule has 92 valence electrons. The van der Waals surface area contributed by atoms with E-state index in [1.807, 2.05) is 0 Å². The van der Waals surface area contributed by atoms with Crippen LogP contribution in [0.4, 0.5) is 0 Å². The lowest BCUT2D eigenvalue weighted by Crippen LogP contribution is -2.71. The van der Waals surface area contributed by atoms with Crippen molar-refractivity contribution in [2.75, 3.05) is 19.6 Å². The smallest absolute Gasteiger partial charge is 0.305 e. The number of nitrogens with one attached hydrogen (secondary N) is 1. The fourth-order valence-corrected chi connectivity index (χ4v) is 2.66. The van der Waals surface area contributed by atoms with Gasteiger partial charge in [0.15, 0.2) is 0 Å². The second-order valence-corrected chi connectivity index (χ2v) is 5.59. The predicted octanol–water partition coefficient (Wildman–Crippen LogP) is 0.924. The molecule has 1 heterocycles. The molecule has 16 heavy (non-hydrogen) atoms. The van der Waals surface area contributed by atoms with Crippen molar-refractivity contribution < 1.29 is 9.90 Å². The van der Waals surface area contributed by atoms with E-state index < -0.39 is 5.97 Å². The first-order valence-electron chi connectivity index (χ1n) is 6.23. The Balaban J connectivity index is 2.04. The standard InChI is InChI=1S/C12H22N2O2/c1-9(2)14(6-10-3-4-10)12(5-11(15)16)7-13-8-12/h9-10,13H,3-8H2,1-2H3,(H,15,16). The zero-order chi connectivity index (χ0) is 11.8. The van der Waals surface area contributed by atoms with Gasteiger partial charge in [-0.15, -0.1) is 0 Å². The zero-order valence-electron chi connectivity index (χ0n) is 10.2. The van der Waals surface area contributed by atoms with Crippen LogP contribution >= 0.6 is 0 Å². The third-order valence-corrected chi connectivity index (χ3v) is 3.77. The van der Waals surface area contributed by atoms with Crippen molar-refractivity contribution in [1.29, 1.82) is 0 Å². The van der Waals surface area contributed by atoms with Crippen molar-refractivity contribution in [3.8, 4) is 0 Å². The lowest BCUT2D eigenvalue weighted by molar-refractivity contribution is -0.142. The van der Waals surface area contributed by atoms with Crippen molar-refractivity contribution in [2.24, 2.45) is 5.92 Å². The lowest BCUT2D eigenvalue weighted by Gasteiger charge is -2.52. The van der Waals surface area contributed by atoms with Crippen LogP contribution in [0.3, 0.4) is 0 Å². The summed E-state index contributed by atoms with van der Waals surface area (Å²) in [5.74, 6) is 0.136. The minimum atomic E-state index is -0.678. The van der Waals surface area contributed by atoms with Crippen LogP contribution in [-0.4, -0.2) is 47.2 Å². The third kappa shape index (κ3) is 2.38. The Morgan fingerprint density at radius 1 is 1.50 bits per heavy atom. The maximum Gasteiger partial charge on any atom is 0.305 e. The molecule has 0 spiro atoms. The van der Waals surface area contributed by atoms with Gasteiger partial charge in [0.05, 0.1) is 12.0 Å². The normalized spacial score (nSPS) is 23.5. The molecule has 1 aliphatic heterocycles. The molecule has 0 aromatic heterocycles. The summed E-state index contributed by atoms with van der Waals surface area (Å²) in [6.45, 7) is 7.07. The minimum Gasteiger partial charge on any atom is -0.481 e. The molecule has 4 nitrogen and oxygen atoms in total. The highest BCUT2D eigenvalue weighted by Crippen LogP contribution is 2.35. The summed E-state index contributed by atoms with van der Waals surface area (Å²) in [5, 5.41) is 12.3. The van der Waals surface area contributed by atoms with Gasteiger partial charge in [-0.05, 0) is 32.6 Å². The number of carbonyl (C=O) groups is 1. The van der Waals surface area contributed by atoms with Crippen LogP contribution < -0.4 is 5.32 Å². The van der Waals surface area contributed by atoms with Crippen molar-refractivity contribution in [1.82, 2.24) is 10.2 Å². The molecule has 0 aromatic rings. The van der Waals surface area contributed by atoms with Crippen LogP contribution in [0.2, 0.25) is 0 Å². The van der Waals surface area contributed by atoms with Crippen LogP contribution in [0.1, 0.15) is 33.1 Å². The molecule has 0 unspecified atom stereocenters. The Labute approximate surface area is 97.0 Å². The summed E-state index contributed by atoms with van der Waals surface area (Å²) in [4.78, 5) is 13.4. The Hall–Kier alpha value is -0.610. The fraction of sp³-hybridized carbons (Fsp3) is 0.917. The maximum atomic E-state index is 11.0. The number of hydrogen-bond acceptors (Lipinski definition) is 3. The number of rotatable bonds is 6. The predicted molar refractivity (Wildman–Crippen MR) is 62.4 cm³/mol. The Morgan fingerprint density at radius 2 is 2.12 bits per heavy atom. The van der Waals surface area contributed by atoms with Crippen LogP contribution in [0.5, 0.6) is 0 Å². The molecule has 1 aliphatic carbocycles. The van der Waals surface area contributed by atoms with E-state index in [9.17, 15) is 4.79 Å². The van der Waals surface area contributed by atoms with Gasteiger partial charge < -0.3 is 10.4 Å². The first kappa shape index (κ1) is 11.9. The zero-order valence-corrected chi connectivity index (χ0v) is 10.2. The molecule has 2 N–H and O–H groups in total. The maximum absolute atomic E-state index is 11.0. The van der Waals surface area contributed by atoms with Gasteiger partial charge in [0.2, 0.25) is 0 Å². The molecule has 0 bridgehead atoms.